The zero-order valence-electron chi connectivity index (χ0n) is 6.24. The third-order valence-electron chi connectivity index (χ3n) is 1.35. The molecule has 0 aliphatic heterocycles. The van der Waals surface area contributed by atoms with Crippen molar-refractivity contribution < 1.29 is 9.18 Å². The molecule has 0 heterocycles. The Morgan fingerprint density at radius 1 is 1.30 bits per heavy atom. The summed E-state index contributed by atoms with van der Waals surface area (Å²) in [6.07, 6.45) is 4.16. The van der Waals surface area contributed by atoms with Crippen molar-refractivity contribution >= 4 is 5.78 Å². The molecule has 0 spiro atoms. The Hall–Kier alpha value is -0.400. The van der Waals surface area contributed by atoms with E-state index in [4.69, 9.17) is 0 Å². The lowest BCUT2D eigenvalue weighted by Gasteiger charge is -1.94. The lowest BCUT2D eigenvalue weighted by Crippen LogP contribution is -1.98. The average molecular weight is 145 g/mol. The van der Waals surface area contributed by atoms with Gasteiger partial charge in [-0.25, -0.2) is 4.39 Å². The van der Waals surface area contributed by atoms with E-state index in [-0.39, 0.29) is 5.78 Å². The molecule has 0 aromatic heterocycles. The highest BCUT2D eigenvalue weighted by atomic mass is 19.1. The second-order valence-electron chi connectivity index (χ2n) is 2.34. The van der Waals surface area contributed by atoms with Crippen LogP contribution in [-0.4, -0.2) is 12.5 Å². The van der Waals surface area contributed by atoms with E-state index in [1.165, 1.54) is 0 Å². The Morgan fingerprint density at radius 2 is 2.00 bits per heavy atom. The second kappa shape index (κ2) is 6.72. The molecule has 0 saturated heterocycles. The highest BCUT2D eigenvalue weighted by molar-refractivity contribution is 5.79. The van der Waals surface area contributed by atoms with Crippen LogP contribution < -0.4 is 0 Å². The number of Topliss-reactive ketones (excluding diaryl/α,β-unsaturated/α-hetero) is 1. The molecule has 0 unspecified atom stereocenters. The first-order chi connectivity index (χ1) is 4.81. The summed E-state index contributed by atoms with van der Waals surface area (Å²) < 4.78 is 11.5. The quantitative estimate of drug-likeness (QED) is 0.524. The smallest absolute Gasteiger partial charge is 0.163 e. The average Bonchev–Trinajstić information content (AvgIpc) is 1.98. The molecule has 0 aromatic rings. The van der Waals surface area contributed by atoms with Gasteiger partial charge in [-0.1, -0.05) is 26.2 Å². The van der Waals surface area contributed by atoms with Crippen LogP contribution in [-0.2, 0) is 4.79 Å². The van der Waals surface area contributed by atoms with Crippen molar-refractivity contribution in [1.29, 1.82) is 0 Å². The Morgan fingerprint density at radius 3 is 2.50 bits per heavy atom. The van der Waals surface area contributed by atoms with E-state index >= 15 is 0 Å². The maximum absolute atomic E-state index is 11.5. The maximum atomic E-state index is 11.5. The molecule has 0 bridgehead atoms. The van der Waals surface area contributed by atoms with Gasteiger partial charge in [-0.3, -0.25) is 4.79 Å². The van der Waals surface area contributed by atoms with Crippen LogP contribution in [0.5, 0.6) is 0 Å². The fourth-order valence-corrected chi connectivity index (χ4v) is 0.743. The van der Waals surface area contributed by atoms with Crippen LogP contribution in [0.1, 0.15) is 32.1 Å². The van der Waals surface area contributed by atoms with Gasteiger partial charge in [0.05, 0.1) is 0 Å². The largest absolute Gasteiger partial charge is 0.297 e. The number of halogens is 1. The van der Waals surface area contributed by atoms with E-state index in [0.29, 0.717) is 6.42 Å². The van der Waals surface area contributed by atoms with Gasteiger partial charge in [0.15, 0.2) is 5.78 Å². The number of ketones is 1. The molecular weight excluding hydrogens is 131 g/mol. The monoisotopic (exact) mass is 145 g/mol. The molecule has 0 amide bonds. The lowest BCUT2D eigenvalue weighted by molar-refractivity contribution is -0.120. The molecule has 2 heteroatoms. The van der Waals surface area contributed by atoms with Crippen molar-refractivity contribution in [1.82, 2.24) is 0 Å². The van der Waals surface area contributed by atoms with Gasteiger partial charge < -0.3 is 0 Å². The number of hydrogen-bond donors (Lipinski definition) is 0. The van der Waals surface area contributed by atoms with Gasteiger partial charge in [0.2, 0.25) is 0 Å². The molecule has 59 valence electrons. The van der Waals surface area contributed by atoms with E-state index in [9.17, 15) is 9.18 Å². The summed E-state index contributed by atoms with van der Waals surface area (Å²) in [5, 5.41) is 0. The molecule has 0 aliphatic carbocycles. The topological polar surface area (TPSA) is 17.1 Å². The Balaban J connectivity index is 2.96. The van der Waals surface area contributed by atoms with Gasteiger partial charge in [-0.2, -0.15) is 0 Å². The zero-order chi connectivity index (χ0) is 7.82. The predicted molar refractivity (Wildman–Crippen MR) is 39.4 cm³/mol. The standard InChI is InChI=1S/C8H14FO/c1-2-3-4-5-6-8(10)7-9/h1-7H2. The number of alkyl halides is 1. The molecule has 0 atom stereocenters. The van der Waals surface area contributed by atoms with Crippen molar-refractivity contribution in [2.45, 2.75) is 32.1 Å². The minimum absolute atomic E-state index is 0.274. The summed E-state index contributed by atoms with van der Waals surface area (Å²) in [5.41, 5.74) is 0. The van der Waals surface area contributed by atoms with Crippen molar-refractivity contribution in [2.75, 3.05) is 6.67 Å². The molecule has 0 saturated carbocycles. The molecule has 10 heavy (non-hydrogen) atoms. The number of hydrogen-bond acceptors (Lipinski definition) is 1. The third kappa shape index (κ3) is 5.73. The Kier molecular flexibility index (Phi) is 6.45. The van der Waals surface area contributed by atoms with E-state index < -0.39 is 6.67 Å². The van der Waals surface area contributed by atoms with Gasteiger partial charge in [0, 0.05) is 6.42 Å². The number of carbonyl (C=O) groups excluding carboxylic acids is 1. The summed E-state index contributed by atoms with van der Waals surface area (Å²) >= 11 is 0. The number of rotatable bonds is 6. The highest BCUT2D eigenvalue weighted by Crippen LogP contribution is 2.02. The number of unbranched alkanes of at least 4 members (excludes halogenated alkanes) is 3. The molecular formula is C8H14FO. The third-order valence-corrected chi connectivity index (χ3v) is 1.35. The van der Waals surface area contributed by atoms with Crippen LogP contribution in [0.2, 0.25) is 0 Å². The predicted octanol–water partition coefficient (Wildman–Crippen LogP) is 2.31. The minimum Gasteiger partial charge on any atom is -0.297 e. The summed E-state index contributed by atoms with van der Waals surface area (Å²) in [7, 11) is 0. The Labute approximate surface area is 61.6 Å². The zero-order valence-corrected chi connectivity index (χ0v) is 6.24. The maximum Gasteiger partial charge on any atom is 0.163 e. The molecule has 0 N–H and O–H groups in total. The molecule has 0 fully saturated rings. The summed E-state index contributed by atoms with van der Waals surface area (Å²) in [6.45, 7) is 2.86. The molecule has 0 aromatic carbocycles. The van der Waals surface area contributed by atoms with Crippen LogP contribution in [0.3, 0.4) is 0 Å². The minimum atomic E-state index is -0.801. The fourth-order valence-electron chi connectivity index (χ4n) is 0.743. The molecule has 1 nitrogen and oxygen atoms in total. The van der Waals surface area contributed by atoms with Crippen LogP contribution in [0.15, 0.2) is 0 Å². The first-order valence-electron chi connectivity index (χ1n) is 3.68. The van der Waals surface area contributed by atoms with Gasteiger partial charge in [0.25, 0.3) is 0 Å². The fraction of sp³-hybridized carbons (Fsp3) is 0.750. The van der Waals surface area contributed by atoms with E-state index in [1.54, 1.807) is 0 Å². The molecule has 0 rings (SSSR count). The lowest BCUT2D eigenvalue weighted by atomic mass is 10.1. The van der Waals surface area contributed by atoms with E-state index in [0.717, 1.165) is 25.7 Å². The van der Waals surface area contributed by atoms with Crippen LogP contribution in [0.25, 0.3) is 0 Å². The molecule has 1 radical (unpaired) electrons. The van der Waals surface area contributed by atoms with Crippen molar-refractivity contribution in [3.8, 4) is 0 Å². The van der Waals surface area contributed by atoms with Crippen molar-refractivity contribution in [3.05, 3.63) is 6.92 Å². The van der Waals surface area contributed by atoms with Gasteiger partial charge in [-0.15, -0.1) is 0 Å². The second-order valence-corrected chi connectivity index (χ2v) is 2.34. The first-order valence-corrected chi connectivity index (χ1v) is 3.68. The van der Waals surface area contributed by atoms with Crippen LogP contribution in [0, 0.1) is 6.92 Å². The van der Waals surface area contributed by atoms with E-state index in [2.05, 4.69) is 6.92 Å². The van der Waals surface area contributed by atoms with Crippen LogP contribution >= 0.6 is 0 Å². The number of carbonyl (C=O) groups is 1. The van der Waals surface area contributed by atoms with Crippen molar-refractivity contribution in [2.24, 2.45) is 0 Å². The van der Waals surface area contributed by atoms with E-state index in [1.807, 2.05) is 0 Å². The highest BCUT2D eigenvalue weighted by Gasteiger charge is 1.98. The first kappa shape index (κ1) is 9.60. The van der Waals surface area contributed by atoms with Gasteiger partial charge >= 0.3 is 0 Å². The summed E-state index contributed by atoms with van der Waals surface area (Å²) in [5.74, 6) is -0.274. The summed E-state index contributed by atoms with van der Waals surface area (Å²) in [4.78, 5) is 10.4. The summed E-state index contributed by atoms with van der Waals surface area (Å²) in [6, 6.07) is 0. The molecule has 0 aliphatic rings. The Bertz CT molecular complexity index is 91.3. The van der Waals surface area contributed by atoms with Gasteiger partial charge in [0.1, 0.15) is 6.67 Å². The van der Waals surface area contributed by atoms with Gasteiger partial charge in [-0.05, 0) is 6.42 Å². The van der Waals surface area contributed by atoms with Crippen molar-refractivity contribution in [3.63, 3.8) is 0 Å². The normalized spacial score (nSPS) is 9.80. The van der Waals surface area contributed by atoms with Crippen LogP contribution in [0.4, 0.5) is 4.39 Å². The SMILES string of the molecule is [CH2]CCCCCC(=O)CF.